The van der Waals surface area contributed by atoms with Gasteiger partial charge in [0.05, 0.1) is 13.2 Å². The Hall–Kier alpha value is -1.85. The molecule has 1 aromatic carbocycles. The third-order valence-corrected chi connectivity index (χ3v) is 4.65. The van der Waals surface area contributed by atoms with Crippen LogP contribution in [0.5, 0.6) is 5.75 Å². The molecule has 0 bridgehead atoms. The van der Waals surface area contributed by atoms with Gasteiger partial charge in [-0.3, -0.25) is 4.79 Å². The van der Waals surface area contributed by atoms with Crippen LogP contribution < -0.4 is 10.1 Å². The van der Waals surface area contributed by atoms with Gasteiger partial charge in [-0.25, -0.2) is 0 Å². The molecule has 2 rings (SSSR count). The molecule has 1 atom stereocenters. The van der Waals surface area contributed by atoms with Gasteiger partial charge in [-0.15, -0.1) is 11.3 Å². The second-order valence-electron chi connectivity index (χ2n) is 5.66. The van der Waals surface area contributed by atoms with Gasteiger partial charge in [-0.05, 0) is 49.1 Å². The molecular formula is C18H23NO3S. The summed E-state index contributed by atoms with van der Waals surface area (Å²) >= 11 is 1.47. The fraction of sp³-hybridized carbons (Fsp3) is 0.389. The summed E-state index contributed by atoms with van der Waals surface area (Å²) in [5.41, 5.74) is -0.512. The normalized spacial score (nSPS) is 13.3. The second kappa shape index (κ2) is 8.13. The van der Waals surface area contributed by atoms with Crippen molar-refractivity contribution in [3.05, 3.63) is 52.2 Å². The third-order valence-electron chi connectivity index (χ3n) is 3.53. The maximum Gasteiger partial charge on any atom is 0.251 e. The number of carbonyl (C=O) groups is 1. The van der Waals surface area contributed by atoms with Crippen molar-refractivity contribution < 1.29 is 14.6 Å². The highest BCUT2D eigenvalue weighted by Crippen LogP contribution is 2.24. The summed E-state index contributed by atoms with van der Waals surface area (Å²) in [6.07, 6.45) is 2.10. The van der Waals surface area contributed by atoms with E-state index in [4.69, 9.17) is 4.74 Å². The van der Waals surface area contributed by atoms with E-state index in [1.54, 1.807) is 31.2 Å². The summed E-state index contributed by atoms with van der Waals surface area (Å²) in [4.78, 5) is 13.0. The molecule has 2 N–H and O–H groups in total. The second-order valence-corrected chi connectivity index (χ2v) is 6.61. The summed E-state index contributed by atoms with van der Waals surface area (Å²) in [6.45, 7) is 4.67. The number of nitrogens with one attached hydrogen (secondary N) is 1. The molecule has 1 unspecified atom stereocenters. The van der Waals surface area contributed by atoms with E-state index in [-0.39, 0.29) is 12.5 Å². The van der Waals surface area contributed by atoms with Crippen molar-refractivity contribution in [2.24, 2.45) is 0 Å². The van der Waals surface area contributed by atoms with Crippen molar-refractivity contribution in [2.45, 2.75) is 32.3 Å². The molecule has 4 nitrogen and oxygen atoms in total. The van der Waals surface area contributed by atoms with E-state index < -0.39 is 5.60 Å². The molecule has 2 aromatic rings. The van der Waals surface area contributed by atoms with Crippen LogP contribution in [-0.4, -0.2) is 24.2 Å². The van der Waals surface area contributed by atoms with Gasteiger partial charge in [0.15, 0.2) is 0 Å². The first-order valence-electron chi connectivity index (χ1n) is 7.80. The van der Waals surface area contributed by atoms with E-state index in [1.165, 1.54) is 11.3 Å². The average Bonchev–Trinajstić information content (AvgIpc) is 3.09. The Morgan fingerprint density at radius 3 is 2.65 bits per heavy atom. The molecule has 0 spiro atoms. The molecule has 1 heterocycles. The summed E-state index contributed by atoms with van der Waals surface area (Å²) in [6, 6.07) is 10.8. The van der Waals surface area contributed by atoms with Gasteiger partial charge in [0.2, 0.25) is 0 Å². The number of amides is 1. The van der Waals surface area contributed by atoms with Crippen molar-refractivity contribution in [2.75, 3.05) is 13.2 Å². The zero-order chi connectivity index (χ0) is 16.7. The average molecular weight is 333 g/mol. The van der Waals surface area contributed by atoms with E-state index in [2.05, 4.69) is 12.2 Å². The van der Waals surface area contributed by atoms with Gasteiger partial charge in [0.1, 0.15) is 11.4 Å². The molecule has 5 heteroatoms. The molecule has 1 aromatic heterocycles. The molecule has 0 aliphatic heterocycles. The van der Waals surface area contributed by atoms with Crippen LogP contribution in [0.2, 0.25) is 0 Å². The number of aliphatic hydroxyl groups is 1. The number of hydrogen-bond donors (Lipinski definition) is 2. The van der Waals surface area contributed by atoms with Crippen LogP contribution in [0.3, 0.4) is 0 Å². The quantitative estimate of drug-likeness (QED) is 0.726. The minimum Gasteiger partial charge on any atom is -0.494 e. The van der Waals surface area contributed by atoms with Crippen molar-refractivity contribution in [1.82, 2.24) is 5.32 Å². The molecule has 0 fully saturated rings. The number of benzene rings is 1. The molecule has 0 radical (unpaired) electrons. The zero-order valence-electron chi connectivity index (χ0n) is 13.5. The van der Waals surface area contributed by atoms with E-state index in [0.717, 1.165) is 23.5 Å². The first-order chi connectivity index (χ1) is 11.0. The predicted octanol–water partition coefficient (Wildman–Crippen LogP) is 3.56. The lowest BCUT2D eigenvalue weighted by atomic mass is 10.1. The lowest BCUT2D eigenvalue weighted by Gasteiger charge is -2.22. The Labute approximate surface area is 141 Å². The van der Waals surface area contributed by atoms with Gasteiger partial charge >= 0.3 is 0 Å². The maximum atomic E-state index is 12.2. The van der Waals surface area contributed by atoms with Crippen LogP contribution in [0, 0.1) is 0 Å². The largest absolute Gasteiger partial charge is 0.494 e. The highest BCUT2D eigenvalue weighted by molar-refractivity contribution is 7.10. The van der Waals surface area contributed by atoms with Gasteiger partial charge in [-0.2, -0.15) is 0 Å². The van der Waals surface area contributed by atoms with Crippen molar-refractivity contribution in [3.8, 4) is 5.75 Å². The fourth-order valence-corrected chi connectivity index (χ4v) is 2.85. The molecule has 0 aliphatic carbocycles. The smallest absolute Gasteiger partial charge is 0.251 e. The van der Waals surface area contributed by atoms with E-state index in [1.807, 2.05) is 17.5 Å². The molecule has 0 saturated carbocycles. The first kappa shape index (κ1) is 17.5. The Kier molecular flexibility index (Phi) is 6.19. The van der Waals surface area contributed by atoms with Gasteiger partial charge in [0.25, 0.3) is 5.91 Å². The van der Waals surface area contributed by atoms with Crippen LogP contribution in [0.1, 0.15) is 41.9 Å². The van der Waals surface area contributed by atoms with Crippen molar-refractivity contribution in [3.63, 3.8) is 0 Å². The number of rotatable bonds is 8. The lowest BCUT2D eigenvalue weighted by molar-refractivity contribution is 0.0556. The monoisotopic (exact) mass is 333 g/mol. The predicted molar refractivity (Wildman–Crippen MR) is 93.1 cm³/mol. The van der Waals surface area contributed by atoms with E-state index in [9.17, 15) is 9.90 Å². The third kappa shape index (κ3) is 5.08. The molecule has 0 aliphatic rings. The molecule has 23 heavy (non-hydrogen) atoms. The summed E-state index contributed by atoms with van der Waals surface area (Å²) in [5, 5.41) is 15.1. The molecule has 0 saturated heterocycles. The van der Waals surface area contributed by atoms with Gasteiger partial charge < -0.3 is 15.2 Å². The minimum atomic E-state index is -1.06. The van der Waals surface area contributed by atoms with Crippen molar-refractivity contribution in [1.29, 1.82) is 0 Å². The highest BCUT2D eigenvalue weighted by atomic mass is 32.1. The SMILES string of the molecule is CCCCOc1ccc(C(=O)NCC(C)(O)c2cccs2)cc1. The first-order valence-corrected chi connectivity index (χ1v) is 8.68. The molecule has 1 amide bonds. The van der Waals surface area contributed by atoms with Gasteiger partial charge in [0, 0.05) is 10.4 Å². The summed E-state index contributed by atoms with van der Waals surface area (Å²) < 4.78 is 5.57. The van der Waals surface area contributed by atoms with E-state index in [0.29, 0.717) is 12.2 Å². The Balaban J connectivity index is 1.88. The Morgan fingerprint density at radius 1 is 1.30 bits per heavy atom. The Morgan fingerprint density at radius 2 is 2.04 bits per heavy atom. The van der Waals surface area contributed by atoms with Crippen LogP contribution in [0.25, 0.3) is 0 Å². The van der Waals surface area contributed by atoms with Crippen LogP contribution in [0.4, 0.5) is 0 Å². The van der Waals surface area contributed by atoms with Gasteiger partial charge in [-0.1, -0.05) is 19.4 Å². The topological polar surface area (TPSA) is 58.6 Å². The lowest BCUT2D eigenvalue weighted by Crippen LogP contribution is -2.38. The van der Waals surface area contributed by atoms with Crippen molar-refractivity contribution >= 4 is 17.2 Å². The number of carbonyl (C=O) groups excluding carboxylic acids is 1. The van der Waals surface area contributed by atoms with Crippen LogP contribution in [0.15, 0.2) is 41.8 Å². The number of hydrogen-bond acceptors (Lipinski definition) is 4. The van der Waals surface area contributed by atoms with E-state index >= 15 is 0 Å². The number of thiophene rings is 1. The van der Waals surface area contributed by atoms with Crippen LogP contribution in [-0.2, 0) is 5.60 Å². The summed E-state index contributed by atoms with van der Waals surface area (Å²) in [7, 11) is 0. The number of ether oxygens (including phenoxy) is 1. The van der Waals surface area contributed by atoms with Crippen LogP contribution >= 0.6 is 11.3 Å². The highest BCUT2D eigenvalue weighted by Gasteiger charge is 2.25. The molecular weight excluding hydrogens is 310 g/mol. The number of unbranched alkanes of at least 4 members (excludes halogenated alkanes) is 1. The Bertz CT molecular complexity index is 606. The fourth-order valence-electron chi connectivity index (χ4n) is 2.06. The molecule has 124 valence electrons. The zero-order valence-corrected chi connectivity index (χ0v) is 14.4. The maximum absolute atomic E-state index is 12.2. The summed E-state index contributed by atoms with van der Waals surface area (Å²) in [5.74, 6) is 0.558. The standard InChI is InChI=1S/C18H23NO3S/c1-3-4-11-22-15-9-7-14(8-10-15)17(20)19-13-18(2,21)16-6-5-12-23-16/h5-10,12,21H,3-4,11,13H2,1-2H3,(H,19,20). The minimum absolute atomic E-state index is 0.168.